The van der Waals surface area contributed by atoms with Gasteiger partial charge in [0, 0.05) is 24.5 Å². The molecule has 0 radical (unpaired) electrons. The van der Waals surface area contributed by atoms with Gasteiger partial charge in [-0.1, -0.05) is 6.07 Å². The quantitative estimate of drug-likeness (QED) is 0.397. The van der Waals surface area contributed by atoms with Crippen LogP contribution in [0.1, 0.15) is 53.9 Å². The van der Waals surface area contributed by atoms with E-state index in [2.05, 4.69) is 48.4 Å². The van der Waals surface area contributed by atoms with Gasteiger partial charge in [0.1, 0.15) is 11.4 Å². The normalized spacial score (nSPS) is 14.9. The van der Waals surface area contributed by atoms with E-state index in [1.165, 1.54) is 29.5 Å². The molecule has 0 unspecified atom stereocenters. The van der Waals surface area contributed by atoms with E-state index in [1.54, 1.807) is 13.8 Å². The molecule has 5 rings (SSSR count). The first-order valence-electron chi connectivity index (χ1n) is 11.9. The molecule has 36 heavy (non-hydrogen) atoms. The van der Waals surface area contributed by atoms with Crippen LogP contribution in [0.4, 0.5) is 27.7 Å². The van der Waals surface area contributed by atoms with Gasteiger partial charge in [0.2, 0.25) is 5.95 Å². The first kappa shape index (κ1) is 23.6. The molecular weight excluding hydrogens is 459 g/mol. The zero-order chi connectivity index (χ0) is 25.3. The van der Waals surface area contributed by atoms with Crippen LogP contribution >= 0.6 is 0 Å². The van der Waals surface area contributed by atoms with Gasteiger partial charge in [0.25, 0.3) is 5.91 Å². The van der Waals surface area contributed by atoms with Crippen molar-refractivity contribution in [2.75, 3.05) is 17.2 Å². The number of pyridine rings is 1. The smallest absolute Gasteiger partial charge is 0.256 e. The lowest BCUT2D eigenvalue weighted by molar-refractivity contribution is 0.0951. The van der Waals surface area contributed by atoms with Gasteiger partial charge in [-0.15, -0.1) is 0 Å². The van der Waals surface area contributed by atoms with Gasteiger partial charge < -0.3 is 21.3 Å². The summed E-state index contributed by atoms with van der Waals surface area (Å²) in [6, 6.07) is 11.1. The first-order chi connectivity index (χ1) is 17.3. The van der Waals surface area contributed by atoms with Crippen LogP contribution in [0.15, 0.2) is 36.5 Å². The Kier molecular flexibility index (Phi) is 6.24. The lowest BCUT2D eigenvalue weighted by Gasteiger charge is -2.19. The second-order valence-electron chi connectivity index (χ2n) is 9.63. The van der Waals surface area contributed by atoms with Gasteiger partial charge >= 0.3 is 0 Å². The molecule has 1 aliphatic carbocycles. The van der Waals surface area contributed by atoms with Crippen molar-refractivity contribution < 1.29 is 9.18 Å². The van der Waals surface area contributed by atoms with E-state index < -0.39 is 11.2 Å². The monoisotopic (exact) mass is 486 g/mol. The minimum atomic E-state index is -0.921. The van der Waals surface area contributed by atoms with E-state index in [-0.39, 0.29) is 35.1 Å². The number of fused-ring (bicyclic) bond motifs is 1. The summed E-state index contributed by atoms with van der Waals surface area (Å²) in [5.41, 5.74) is 2.96. The fraction of sp³-hybridized carbons (Fsp3) is 0.346. The second kappa shape index (κ2) is 9.51. The third-order valence-electron chi connectivity index (χ3n) is 6.30. The Morgan fingerprint density at radius 1 is 1.14 bits per heavy atom. The van der Waals surface area contributed by atoms with Crippen molar-refractivity contribution in [3.63, 3.8) is 0 Å². The fourth-order valence-corrected chi connectivity index (χ4v) is 3.93. The van der Waals surface area contributed by atoms with Crippen LogP contribution in [0.25, 0.3) is 0 Å². The Labute approximate surface area is 208 Å². The Bertz CT molecular complexity index is 1360. The van der Waals surface area contributed by atoms with E-state index in [0.29, 0.717) is 5.69 Å². The average molecular weight is 487 g/mol. The Morgan fingerprint density at radius 3 is 2.75 bits per heavy atom. The maximum absolute atomic E-state index is 14.7. The number of amides is 1. The molecule has 0 spiro atoms. The molecular formula is C26H27FN8O. The van der Waals surface area contributed by atoms with Gasteiger partial charge in [-0.2, -0.15) is 10.2 Å². The lowest BCUT2D eigenvalue weighted by atomic mass is 9.91. The third kappa shape index (κ3) is 5.11. The molecule has 2 aliphatic rings. The van der Waals surface area contributed by atoms with Crippen LogP contribution in [-0.4, -0.2) is 33.4 Å². The molecule has 1 fully saturated rings. The van der Waals surface area contributed by atoms with E-state index in [9.17, 15) is 14.4 Å². The number of carbonyl (C=O) groups excluding carboxylic acids is 1. The zero-order valence-electron chi connectivity index (χ0n) is 20.2. The molecule has 4 N–H and O–H groups in total. The number of nitrogens with one attached hydrogen (secondary N) is 4. The molecule has 1 aliphatic heterocycles. The Hall–Kier alpha value is -4.10. The van der Waals surface area contributed by atoms with E-state index in [1.807, 2.05) is 12.1 Å². The topological polar surface area (TPSA) is 128 Å². The number of halogens is 1. The van der Waals surface area contributed by atoms with Crippen LogP contribution in [0.5, 0.6) is 0 Å². The van der Waals surface area contributed by atoms with Gasteiger partial charge in [0.05, 0.1) is 17.2 Å². The van der Waals surface area contributed by atoms with Crippen LogP contribution in [0.3, 0.4) is 0 Å². The van der Waals surface area contributed by atoms with Crippen LogP contribution in [-0.2, 0) is 18.4 Å². The van der Waals surface area contributed by atoms with Crippen molar-refractivity contribution in [2.24, 2.45) is 0 Å². The summed E-state index contributed by atoms with van der Waals surface area (Å²) < 4.78 is 14.7. The molecule has 1 saturated carbocycles. The van der Waals surface area contributed by atoms with E-state index >= 15 is 0 Å². The summed E-state index contributed by atoms with van der Waals surface area (Å²) in [6.07, 6.45) is 4.23. The molecule has 1 aromatic carbocycles. The second-order valence-corrected chi connectivity index (χ2v) is 9.63. The summed E-state index contributed by atoms with van der Waals surface area (Å²) in [5, 5.41) is 21.8. The van der Waals surface area contributed by atoms with Crippen molar-refractivity contribution in [3.05, 3.63) is 64.7 Å². The molecule has 1 amide bonds. The Morgan fingerprint density at radius 2 is 1.97 bits per heavy atom. The molecule has 3 heterocycles. The number of hydrogen-bond donors (Lipinski definition) is 4. The molecule has 10 heteroatoms. The summed E-state index contributed by atoms with van der Waals surface area (Å²) in [7, 11) is 0. The van der Waals surface area contributed by atoms with Crippen molar-refractivity contribution in [1.82, 2.24) is 25.6 Å². The highest BCUT2D eigenvalue weighted by Gasteiger charge is 2.27. The number of aromatic nitrogens is 3. The van der Waals surface area contributed by atoms with Gasteiger partial charge in [-0.05, 0) is 75.0 Å². The van der Waals surface area contributed by atoms with Crippen LogP contribution in [0.2, 0.25) is 0 Å². The summed E-state index contributed by atoms with van der Waals surface area (Å²) >= 11 is 0. The van der Waals surface area contributed by atoms with E-state index in [4.69, 9.17) is 0 Å². The number of nitriles is 1. The zero-order valence-corrected chi connectivity index (χ0v) is 20.2. The molecule has 184 valence electrons. The highest BCUT2D eigenvalue weighted by molar-refractivity contribution is 5.99. The Balaban J connectivity index is 1.47. The van der Waals surface area contributed by atoms with Crippen LogP contribution in [0, 0.1) is 17.1 Å². The number of carbonyl (C=O) groups is 1. The van der Waals surface area contributed by atoms with Gasteiger partial charge in [0.15, 0.2) is 11.6 Å². The number of nitrogens with zero attached hydrogens (tertiary/aromatic N) is 4. The standard InChI is InChI=1S/C26H27FN8O/c1-26(2,14-28)21-8-7-20(27)23(33-21)34-22-19(24(36)31-17-5-6-17)13-30-25(35-22)32-18-4-3-15-9-10-29-12-16(15)11-18/h3-4,7-8,11,13,17,29H,5-6,9-10,12H2,1-2H3,(H,31,36)(H2,30,32,33,34,35). The largest absolute Gasteiger partial charge is 0.349 e. The first-order valence-corrected chi connectivity index (χ1v) is 11.9. The lowest BCUT2D eigenvalue weighted by Crippen LogP contribution is -2.27. The van der Waals surface area contributed by atoms with Crippen LogP contribution < -0.4 is 21.3 Å². The minimum Gasteiger partial charge on any atom is -0.349 e. The van der Waals surface area contributed by atoms with Gasteiger partial charge in [-0.3, -0.25) is 4.79 Å². The predicted molar refractivity (Wildman–Crippen MR) is 134 cm³/mol. The third-order valence-corrected chi connectivity index (χ3v) is 6.30. The number of hydrogen-bond acceptors (Lipinski definition) is 8. The number of anilines is 4. The minimum absolute atomic E-state index is 0.114. The molecule has 0 saturated heterocycles. The predicted octanol–water partition coefficient (Wildman–Crippen LogP) is 3.84. The molecule has 0 bridgehead atoms. The molecule has 3 aromatic rings. The summed E-state index contributed by atoms with van der Waals surface area (Å²) in [4.78, 5) is 26.0. The van der Waals surface area contributed by atoms with Crippen molar-refractivity contribution in [3.8, 4) is 6.07 Å². The van der Waals surface area contributed by atoms with Crippen molar-refractivity contribution in [2.45, 2.75) is 51.1 Å². The summed E-state index contributed by atoms with van der Waals surface area (Å²) in [6.45, 7) is 5.15. The number of benzene rings is 1. The average Bonchev–Trinajstić information content (AvgIpc) is 3.69. The summed E-state index contributed by atoms with van der Waals surface area (Å²) in [5.74, 6) is -0.737. The fourth-order valence-electron chi connectivity index (χ4n) is 3.93. The molecule has 2 aromatic heterocycles. The molecule has 0 atom stereocenters. The highest BCUT2D eigenvalue weighted by Crippen LogP contribution is 2.28. The number of rotatable bonds is 7. The van der Waals surface area contributed by atoms with Crippen molar-refractivity contribution in [1.29, 1.82) is 5.26 Å². The van der Waals surface area contributed by atoms with E-state index in [0.717, 1.165) is 38.0 Å². The maximum Gasteiger partial charge on any atom is 0.256 e. The molecule has 9 nitrogen and oxygen atoms in total. The maximum atomic E-state index is 14.7. The highest BCUT2D eigenvalue weighted by atomic mass is 19.1. The van der Waals surface area contributed by atoms with Gasteiger partial charge in [-0.25, -0.2) is 14.4 Å². The van der Waals surface area contributed by atoms with Crippen molar-refractivity contribution >= 4 is 29.2 Å². The SMILES string of the molecule is CC(C)(C#N)c1ccc(F)c(Nc2nc(Nc3ccc4c(c3)CNCC4)ncc2C(=O)NC2CC2)n1.